The summed E-state index contributed by atoms with van der Waals surface area (Å²) in [6.45, 7) is 2.33. The number of halogens is 2. The van der Waals surface area contributed by atoms with Crippen LogP contribution in [0, 0.1) is 0 Å². The molecule has 0 saturated heterocycles. The lowest BCUT2D eigenvalue weighted by Gasteiger charge is -2.06. The van der Waals surface area contributed by atoms with Gasteiger partial charge in [-0.25, -0.2) is 0 Å². The van der Waals surface area contributed by atoms with Gasteiger partial charge >= 0.3 is 0 Å². The van der Waals surface area contributed by atoms with Gasteiger partial charge in [0.1, 0.15) is 0 Å². The van der Waals surface area contributed by atoms with Crippen molar-refractivity contribution in [1.29, 1.82) is 0 Å². The Labute approximate surface area is 125 Å². The maximum atomic E-state index is 11.9. The van der Waals surface area contributed by atoms with E-state index >= 15 is 0 Å². The van der Waals surface area contributed by atoms with Gasteiger partial charge in [-0.1, -0.05) is 23.2 Å². The van der Waals surface area contributed by atoms with Crippen molar-refractivity contribution in [2.24, 2.45) is 0 Å². The largest absolute Gasteiger partial charge is 0.477 e. The number of benzene rings is 1. The first-order valence-electron chi connectivity index (χ1n) is 5.83. The first-order valence-corrected chi connectivity index (χ1v) is 6.58. The number of carbonyl (C=O) groups is 1. The predicted octanol–water partition coefficient (Wildman–Crippen LogP) is 3.43. The molecule has 7 heteroatoms. The van der Waals surface area contributed by atoms with E-state index < -0.39 is 0 Å². The lowest BCUT2D eigenvalue weighted by Crippen LogP contribution is -2.14. The van der Waals surface area contributed by atoms with E-state index in [1.807, 2.05) is 6.92 Å². The van der Waals surface area contributed by atoms with Gasteiger partial charge in [0, 0.05) is 11.8 Å². The summed E-state index contributed by atoms with van der Waals surface area (Å²) in [4.78, 5) is 11.9. The Bertz CT molecular complexity index is 618. The minimum Gasteiger partial charge on any atom is -0.477 e. The molecule has 2 rings (SSSR count). The zero-order valence-corrected chi connectivity index (χ0v) is 12.1. The highest BCUT2D eigenvalue weighted by atomic mass is 35.5. The van der Waals surface area contributed by atoms with Gasteiger partial charge in [0.05, 0.1) is 16.7 Å². The van der Waals surface area contributed by atoms with Crippen molar-refractivity contribution in [2.45, 2.75) is 6.92 Å². The molecule has 1 aromatic heterocycles. The van der Waals surface area contributed by atoms with Crippen LogP contribution in [-0.2, 0) is 0 Å². The molecule has 0 atom stereocenters. The highest BCUT2D eigenvalue weighted by Crippen LogP contribution is 2.25. The number of amides is 1. The van der Waals surface area contributed by atoms with E-state index in [9.17, 15) is 4.79 Å². The average Bonchev–Trinajstić information content (AvgIpc) is 2.44. The Hall–Kier alpha value is -1.85. The SMILES string of the molecule is CCOc1ccc(C(=O)Nc2ccc(Cl)c(Cl)c2)nn1. The van der Waals surface area contributed by atoms with Crippen molar-refractivity contribution in [3.63, 3.8) is 0 Å². The molecule has 20 heavy (non-hydrogen) atoms. The van der Waals surface area contributed by atoms with Gasteiger partial charge in [0.15, 0.2) is 5.69 Å². The minimum atomic E-state index is -0.390. The molecule has 0 bridgehead atoms. The molecule has 5 nitrogen and oxygen atoms in total. The number of nitrogens with one attached hydrogen (secondary N) is 1. The van der Waals surface area contributed by atoms with Gasteiger partial charge in [-0.05, 0) is 31.2 Å². The molecule has 0 aliphatic carbocycles. The number of anilines is 1. The normalized spacial score (nSPS) is 10.2. The van der Waals surface area contributed by atoms with Crippen molar-refractivity contribution < 1.29 is 9.53 Å². The van der Waals surface area contributed by atoms with Gasteiger partial charge < -0.3 is 10.1 Å². The van der Waals surface area contributed by atoms with Crippen molar-refractivity contribution in [3.05, 3.63) is 46.1 Å². The fraction of sp³-hybridized carbons (Fsp3) is 0.154. The van der Waals surface area contributed by atoms with Crippen LogP contribution in [0.5, 0.6) is 5.88 Å². The highest BCUT2D eigenvalue weighted by molar-refractivity contribution is 6.42. The van der Waals surface area contributed by atoms with Gasteiger partial charge in [0.25, 0.3) is 5.91 Å². The summed E-state index contributed by atoms with van der Waals surface area (Å²) >= 11 is 11.7. The van der Waals surface area contributed by atoms with Gasteiger partial charge in [0.2, 0.25) is 5.88 Å². The summed E-state index contributed by atoms with van der Waals surface area (Å²) in [6.07, 6.45) is 0. The maximum Gasteiger partial charge on any atom is 0.276 e. The number of ether oxygens (including phenoxy) is 1. The molecule has 0 saturated carbocycles. The lowest BCUT2D eigenvalue weighted by atomic mass is 10.3. The molecule has 1 aromatic carbocycles. The van der Waals surface area contributed by atoms with E-state index in [2.05, 4.69) is 15.5 Å². The van der Waals surface area contributed by atoms with Crippen LogP contribution < -0.4 is 10.1 Å². The van der Waals surface area contributed by atoms with E-state index in [0.29, 0.717) is 28.2 Å². The number of carbonyl (C=O) groups excluding carboxylic acids is 1. The van der Waals surface area contributed by atoms with Crippen molar-refractivity contribution in [1.82, 2.24) is 10.2 Å². The van der Waals surface area contributed by atoms with Crippen LogP contribution in [0.2, 0.25) is 10.0 Å². The monoisotopic (exact) mass is 311 g/mol. The molecule has 0 aliphatic heterocycles. The molecule has 0 fully saturated rings. The summed E-state index contributed by atoms with van der Waals surface area (Å²) in [5, 5.41) is 11.0. The van der Waals surface area contributed by atoms with E-state index in [0.717, 1.165) is 0 Å². The second kappa shape index (κ2) is 6.54. The van der Waals surface area contributed by atoms with Crippen LogP contribution >= 0.6 is 23.2 Å². The highest BCUT2D eigenvalue weighted by Gasteiger charge is 2.10. The molecule has 0 aliphatic rings. The zero-order valence-electron chi connectivity index (χ0n) is 10.6. The van der Waals surface area contributed by atoms with E-state index in [1.165, 1.54) is 6.07 Å². The topological polar surface area (TPSA) is 64.1 Å². The molecule has 1 N–H and O–H groups in total. The van der Waals surface area contributed by atoms with Crippen LogP contribution in [0.1, 0.15) is 17.4 Å². The van der Waals surface area contributed by atoms with E-state index in [-0.39, 0.29) is 11.6 Å². The number of hydrogen-bond acceptors (Lipinski definition) is 4. The molecule has 0 spiro atoms. The summed E-state index contributed by atoms with van der Waals surface area (Å²) in [5.74, 6) is -0.0162. The van der Waals surface area contributed by atoms with Crippen LogP contribution in [0.25, 0.3) is 0 Å². The number of rotatable bonds is 4. The maximum absolute atomic E-state index is 11.9. The van der Waals surface area contributed by atoms with Crippen molar-refractivity contribution in [2.75, 3.05) is 11.9 Å². The molecule has 2 aromatic rings. The van der Waals surface area contributed by atoms with Gasteiger partial charge in [-0.3, -0.25) is 4.79 Å². The van der Waals surface area contributed by atoms with Crippen molar-refractivity contribution in [3.8, 4) is 5.88 Å². The molecule has 0 radical (unpaired) electrons. The summed E-state index contributed by atoms with van der Waals surface area (Å²) in [7, 11) is 0. The summed E-state index contributed by atoms with van der Waals surface area (Å²) in [6, 6.07) is 7.92. The Morgan fingerprint density at radius 3 is 2.60 bits per heavy atom. The average molecular weight is 312 g/mol. The third-order valence-electron chi connectivity index (χ3n) is 2.34. The number of aromatic nitrogens is 2. The standard InChI is InChI=1S/C13H11Cl2N3O2/c1-2-20-12-6-5-11(17-18-12)13(19)16-8-3-4-9(14)10(15)7-8/h3-7H,2H2,1H3,(H,16,19). The Kier molecular flexibility index (Phi) is 4.76. The quantitative estimate of drug-likeness (QED) is 0.939. The third-order valence-corrected chi connectivity index (χ3v) is 3.08. The summed E-state index contributed by atoms with van der Waals surface area (Å²) < 4.78 is 5.15. The molecule has 1 amide bonds. The smallest absolute Gasteiger partial charge is 0.276 e. The number of nitrogens with zero attached hydrogens (tertiary/aromatic N) is 2. The molecule has 0 unspecified atom stereocenters. The minimum absolute atomic E-state index is 0.180. The second-order valence-electron chi connectivity index (χ2n) is 3.77. The van der Waals surface area contributed by atoms with Crippen molar-refractivity contribution >= 4 is 34.8 Å². The van der Waals surface area contributed by atoms with Crippen LogP contribution in [0.4, 0.5) is 5.69 Å². The van der Waals surface area contributed by atoms with Gasteiger partial charge in [-0.2, -0.15) is 0 Å². The molecular weight excluding hydrogens is 301 g/mol. The fourth-order valence-corrected chi connectivity index (χ4v) is 1.73. The zero-order chi connectivity index (χ0) is 14.5. The first kappa shape index (κ1) is 14.6. The Morgan fingerprint density at radius 2 is 2.00 bits per heavy atom. The van der Waals surface area contributed by atoms with E-state index in [1.54, 1.807) is 24.3 Å². The van der Waals surface area contributed by atoms with Crippen LogP contribution in [0.3, 0.4) is 0 Å². The lowest BCUT2D eigenvalue weighted by molar-refractivity contribution is 0.102. The number of hydrogen-bond donors (Lipinski definition) is 1. The molecular formula is C13H11Cl2N3O2. The van der Waals surface area contributed by atoms with E-state index in [4.69, 9.17) is 27.9 Å². The van der Waals surface area contributed by atoms with Crippen LogP contribution in [0.15, 0.2) is 30.3 Å². The Balaban J connectivity index is 2.09. The fourth-order valence-electron chi connectivity index (χ4n) is 1.44. The molecule has 104 valence electrons. The third kappa shape index (κ3) is 3.59. The first-order chi connectivity index (χ1) is 9.60. The second-order valence-corrected chi connectivity index (χ2v) is 4.59. The predicted molar refractivity (Wildman–Crippen MR) is 77.6 cm³/mol. The van der Waals surface area contributed by atoms with Crippen LogP contribution in [-0.4, -0.2) is 22.7 Å². The Morgan fingerprint density at radius 1 is 1.20 bits per heavy atom. The van der Waals surface area contributed by atoms with Gasteiger partial charge in [-0.15, -0.1) is 10.2 Å². The summed E-state index contributed by atoms with van der Waals surface area (Å²) in [5.41, 5.74) is 0.708. The molecule has 1 heterocycles.